The quantitative estimate of drug-likeness (QED) is 0.645. The van der Waals surface area contributed by atoms with Gasteiger partial charge in [0.2, 0.25) is 0 Å². The Morgan fingerprint density at radius 2 is 2.50 bits per heavy atom. The van der Waals surface area contributed by atoms with E-state index >= 15 is 0 Å². The van der Waals surface area contributed by atoms with Gasteiger partial charge in [0.25, 0.3) is 0 Å². The average Bonchev–Trinajstić information content (AvgIpc) is 2.57. The summed E-state index contributed by atoms with van der Waals surface area (Å²) in [5.41, 5.74) is 1.19. The topological polar surface area (TPSA) is 51.6 Å². The number of rotatable bonds is 5. The first-order chi connectivity index (χ1) is 5.93. The normalized spacial score (nSPS) is 9.58. The maximum absolute atomic E-state index is 8.27. The molecule has 0 bridgehead atoms. The van der Waals surface area contributed by atoms with Crippen LogP contribution in [0.4, 0.5) is 0 Å². The lowest BCUT2D eigenvalue weighted by Crippen LogP contribution is -2.14. The van der Waals surface area contributed by atoms with Crippen LogP contribution in [0.5, 0.6) is 0 Å². The molecule has 0 aromatic carbocycles. The van der Waals surface area contributed by atoms with Gasteiger partial charge >= 0.3 is 0 Å². The molecule has 1 aromatic rings. The minimum absolute atomic E-state index is 0.637. The first kappa shape index (κ1) is 8.82. The monoisotopic (exact) mass is 163 g/mol. The van der Waals surface area contributed by atoms with Gasteiger partial charge < -0.3 is 10.3 Å². The van der Waals surface area contributed by atoms with E-state index in [0.717, 1.165) is 19.5 Å². The molecule has 0 aliphatic carbocycles. The summed E-state index contributed by atoms with van der Waals surface area (Å²) < 4.78 is 0. The second-order valence-electron chi connectivity index (χ2n) is 2.63. The van der Waals surface area contributed by atoms with Crippen LogP contribution in [0, 0.1) is 11.3 Å². The van der Waals surface area contributed by atoms with Gasteiger partial charge in [0.05, 0.1) is 6.07 Å². The summed E-state index contributed by atoms with van der Waals surface area (Å²) in [4.78, 5) is 3.10. The zero-order valence-corrected chi connectivity index (χ0v) is 7.01. The highest BCUT2D eigenvalue weighted by Gasteiger charge is 1.90. The molecule has 3 nitrogen and oxygen atoms in total. The van der Waals surface area contributed by atoms with Crippen LogP contribution >= 0.6 is 0 Å². The minimum atomic E-state index is 0.637. The number of unbranched alkanes of at least 4 members (excludes halogenated alkanes) is 1. The second-order valence-corrected chi connectivity index (χ2v) is 2.63. The molecule has 0 aliphatic heterocycles. The number of hydrogen-bond acceptors (Lipinski definition) is 2. The van der Waals surface area contributed by atoms with Gasteiger partial charge in [-0.2, -0.15) is 5.26 Å². The first-order valence-corrected chi connectivity index (χ1v) is 4.13. The standard InChI is InChI=1S/C9H13N3/c10-5-1-2-6-11-8-9-4-3-7-12-9/h3-4,7,11-12H,1-2,6,8H2. The van der Waals surface area contributed by atoms with E-state index < -0.39 is 0 Å². The van der Waals surface area contributed by atoms with E-state index in [1.807, 2.05) is 18.3 Å². The molecule has 1 aromatic heterocycles. The molecule has 1 heterocycles. The largest absolute Gasteiger partial charge is 0.364 e. The number of aromatic amines is 1. The third-order valence-electron chi connectivity index (χ3n) is 1.62. The van der Waals surface area contributed by atoms with Gasteiger partial charge in [0, 0.05) is 24.9 Å². The van der Waals surface area contributed by atoms with E-state index in [0.29, 0.717) is 6.42 Å². The van der Waals surface area contributed by atoms with Crippen LogP contribution in [-0.2, 0) is 6.54 Å². The number of nitriles is 1. The van der Waals surface area contributed by atoms with E-state index in [1.54, 1.807) is 0 Å². The molecule has 0 fully saturated rings. The molecule has 0 amide bonds. The van der Waals surface area contributed by atoms with Gasteiger partial charge in [-0.1, -0.05) is 0 Å². The highest BCUT2D eigenvalue weighted by atomic mass is 14.9. The Balaban J connectivity index is 2.01. The van der Waals surface area contributed by atoms with Crippen LogP contribution in [0.25, 0.3) is 0 Å². The van der Waals surface area contributed by atoms with Gasteiger partial charge in [-0.15, -0.1) is 0 Å². The first-order valence-electron chi connectivity index (χ1n) is 4.13. The molecule has 12 heavy (non-hydrogen) atoms. The highest BCUT2D eigenvalue weighted by molar-refractivity contribution is 5.02. The van der Waals surface area contributed by atoms with E-state index in [9.17, 15) is 0 Å². The molecule has 0 spiro atoms. The van der Waals surface area contributed by atoms with Crippen molar-refractivity contribution in [3.63, 3.8) is 0 Å². The van der Waals surface area contributed by atoms with E-state index in [-0.39, 0.29) is 0 Å². The molecule has 0 saturated heterocycles. The maximum atomic E-state index is 8.27. The predicted octanol–water partition coefficient (Wildman–Crippen LogP) is 1.41. The predicted molar refractivity (Wildman–Crippen MR) is 47.3 cm³/mol. The fourth-order valence-electron chi connectivity index (χ4n) is 0.993. The molecule has 0 aliphatic rings. The third-order valence-corrected chi connectivity index (χ3v) is 1.62. The molecular weight excluding hydrogens is 150 g/mol. The molecule has 0 saturated carbocycles. The summed E-state index contributed by atoms with van der Waals surface area (Å²) in [5.74, 6) is 0. The van der Waals surface area contributed by atoms with Crippen LogP contribution < -0.4 is 5.32 Å². The highest BCUT2D eigenvalue weighted by Crippen LogP contribution is 1.93. The fourth-order valence-corrected chi connectivity index (χ4v) is 0.993. The van der Waals surface area contributed by atoms with Crippen molar-refractivity contribution in [2.45, 2.75) is 19.4 Å². The molecule has 0 radical (unpaired) electrons. The van der Waals surface area contributed by atoms with Crippen LogP contribution in [0.3, 0.4) is 0 Å². The van der Waals surface area contributed by atoms with Crippen LogP contribution in [0.15, 0.2) is 18.3 Å². The molecule has 0 unspecified atom stereocenters. The van der Waals surface area contributed by atoms with Crippen molar-refractivity contribution in [2.75, 3.05) is 6.54 Å². The summed E-state index contributed by atoms with van der Waals surface area (Å²) in [5, 5.41) is 11.5. The van der Waals surface area contributed by atoms with Crippen LogP contribution in [0.2, 0.25) is 0 Å². The summed E-state index contributed by atoms with van der Waals surface area (Å²) in [6, 6.07) is 6.13. The summed E-state index contributed by atoms with van der Waals surface area (Å²) in [6.45, 7) is 1.77. The number of aromatic nitrogens is 1. The molecule has 3 heteroatoms. The maximum Gasteiger partial charge on any atom is 0.0622 e. The lowest BCUT2D eigenvalue weighted by Gasteiger charge is -1.99. The van der Waals surface area contributed by atoms with Crippen molar-refractivity contribution in [3.05, 3.63) is 24.0 Å². The molecule has 64 valence electrons. The smallest absolute Gasteiger partial charge is 0.0622 e. The Hall–Kier alpha value is -1.27. The van der Waals surface area contributed by atoms with Crippen LogP contribution in [0.1, 0.15) is 18.5 Å². The molecule has 0 atom stereocenters. The Labute approximate surface area is 72.4 Å². The Bertz CT molecular complexity index is 233. The number of nitrogens with one attached hydrogen (secondary N) is 2. The van der Waals surface area contributed by atoms with Crippen LogP contribution in [-0.4, -0.2) is 11.5 Å². The van der Waals surface area contributed by atoms with Crippen molar-refractivity contribution in [3.8, 4) is 6.07 Å². The Morgan fingerprint density at radius 1 is 1.58 bits per heavy atom. The van der Waals surface area contributed by atoms with Crippen molar-refractivity contribution in [2.24, 2.45) is 0 Å². The van der Waals surface area contributed by atoms with Crippen molar-refractivity contribution < 1.29 is 0 Å². The molecular formula is C9H13N3. The van der Waals surface area contributed by atoms with Gasteiger partial charge in [0.15, 0.2) is 0 Å². The number of H-pyrrole nitrogens is 1. The molecule has 2 N–H and O–H groups in total. The van der Waals surface area contributed by atoms with Gasteiger partial charge in [-0.25, -0.2) is 0 Å². The minimum Gasteiger partial charge on any atom is -0.364 e. The number of nitrogens with zero attached hydrogens (tertiary/aromatic N) is 1. The van der Waals surface area contributed by atoms with E-state index in [2.05, 4.69) is 16.4 Å². The number of hydrogen-bond donors (Lipinski definition) is 2. The average molecular weight is 163 g/mol. The van der Waals surface area contributed by atoms with E-state index in [1.165, 1.54) is 5.69 Å². The second kappa shape index (κ2) is 5.39. The van der Waals surface area contributed by atoms with Crippen molar-refractivity contribution in [1.29, 1.82) is 5.26 Å². The third kappa shape index (κ3) is 3.22. The van der Waals surface area contributed by atoms with Crippen molar-refractivity contribution in [1.82, 2.24) is 10.3 Å². The van der Waals surface area contributed by atoms with Crippen molar-refractivity contribution >= 4 is 0 Å². The summed E-state index contributed by atoms with van der Waals surface area (Å²) in [6.07, 6.45) is 3.47. The SMILES string of the molecule is N#CCCCNCc1ccc[nH]1. The molecule has 1 rings (SSSR count). The zero-order chi connectivity index (χ0) is 8.65. The fraction of sp³-hybridized carbons (Fsp3) is 0.444. The summed E-state index contributed by atoms with van der Waals surface area (Å²) >= 11 is 0. The lowest BCUT2D eigenvalue weighted by atomic mass is 10.3. The van der Waals surface area contributed by atoms with Gasteiger partial charge in [0.1, 0.15) is 0 Å². The zero-order valence-electron chi connectivity index (χ0n) is 7.01. The summed E-state index contributed by atoms with van der Waals surface area (Å²) in [7, 11) is 0. The van der Waals surface area contributed by atoms with Gasteiger partial charge in [-0.3, -0.25) is 0 Å². The Kier molecular flexibility index (Phi) is 3.96. The lowest BCUT2D eigenvalue weighted by molar-refractivity contribution is 0.650. The van der Waals surface area contributed by atoms with E-state index in [4.69, 9.17) is 5.26 Å². The van der Waals surface area contributed by atoms with Gasteiger partial charge in [-0.05, 0) is 25.1 Å². The Morgan fingerprint density at radius 3 is 3.17 bits per heavy atom.